The standard InChI is InChI=1S/C15H24N4O/c1-11-8-18-7-5-4-6-13(18)9-19(11)15-14(10-20)12(2)16-17(15)3/h10-11,13H,4-9H2,1-3H3. The molecule has 0 amide bonds. The molecule has 1 aromatic heterocycles. The van der Waals surface area contributed by atoms with Gasteiger partial charge in [0.05, 0.1) is 11.3 Å². The number of rotatable bonds is 2. The van der Waals surface area contributed by atoms with E-state index in [1.54, 1.807) is 0 Å². The van der Waals surface area contributed by atoms with Crippen LogP contribution in [0.1, 0.15) is 42.2 Å². The number of carbonyl (C=O) groups is 1. The van der Waals surface area contributed by atoms with Crippen molar-refractivity contribution in [2.24, 2.45) is 7.05 Å². The minimum atomic E-state index is 0.429. The van der Waals surface area contributed by atoms with Crippen molar-refractivity contribution in [3.8, 4) is 0 Å². The van der Waals surface area contributed by atoms with Crippen molar-refractivity contribution in [1.29, 1.82) is 0 Å². The highest BCUT2D eigenvalue weighted by atomic mass is 16.1. The number of anilines is 1. The summed E-state index contributed by atoms with van der Waals surface area (Å²) in [5.41, 5.74) is 1.58. The van der Waals surface area contributed by atoms with Crippen molar-refractivity contribution >= 4 is 12.1 Å². The summed E-state index contributed by atoms with van der Waals surface area (Å²) in [6, 6.07) is 1.06. The molecule has 0 bridgehead atoms. The monoisotopic (exact) mass is 276 g/mol. The highest BCUT2D eigenvalue weighted by Gasteiger charge is 2.35. The van der Waals surface area contributed by atoms with Crippen molar-refractivity contribution in [3.05, 3.63) is 11.3 Å². The van der Waals surface area contributed by atoms with Gasteiger partial charge in [0.2, 0.25) is 0 Å². The van der Waals surface area contributed by atoms with Crippen LogP contribution in [0.4, 0.5) is 5.82 Å². The molecule has 0 spiro atoms. The highest BCUT2D eigenvalue weighted by Crippen LogP contribution is 2.30. The molecule has 0 aliphatic carbocycles. The van der Waals surface area contributed by atoms with Crippen LogP contribution in [0.25, 0.3) is 0 Å². The first-order valence-electron chi connectivity index (χ1n) is 7.61. The number of carbonyl (C=O) groups excluding carboxylic acids is 1. The lowest BCUT2D eigenvalue weighted by Gasteiger charge is -2.48. The summed E-state index contributed by atoms with van der Waals surface area (Å²) < 4.78 is 1.87. The van der Waals surface area contributed by atoms with E-state index in [1.165, 1.54) is 25.8 Å². The smallest absolute Gasteiger partial charge is 0.155 e. The Hall–Kier alpha value is -1.36. The molecule has 0 N–H and O–H groups in total. The molecule has 3 heterocycles. The zero-order chi connectivity index (χ0) is 14.3. The Bertz CT molecular complexity index is 510. The van der Waals surface area contributed by atoms with Crippen LogP contribution in [0.5, 0.6) is 0 Å². The van der Waals surface area contributed by atoms with Gasteiger partial charge in [0.25, 0.3) is 0 Å². The van der Waals surface area contributed by atoms with Gasteiger partial charge < -0.3 is 4.90 Å². The average Bonchev–Trinajstić information content (AvgIpc) is 2.72. The van der Waals surface area contributed by atoms with Crippen molar-refractivity contribution in [2.45, 2.75) is 45.2 Å². The van der Waals surface area contributed by atoms with Gasteiger partial charge in [-0.2, -0.15) is 5.10 Å². The zero-order valence-electron chi connectivity index (χ0n) is 12.7. The van der Waals surface area contributed by atoms with Gasteiger partial charge in [0, 0.05) is 32.2 Å². The molecule has 0 saturated carbocycles. The lowest BCUT2D eigenvalue weighted by atomic mass is 9.97. The Morgan fingerprint density at radius 1 is 1.30 bits per heavy atom. The number of aldehydes is 1. The number of fused-ring (bicyclic) bond motifs is 1. The maximum atomic E-state index is 11.4. The first-order chi connectivity index (χ1) is 9.61. The van der Waals surface area contributed by atoms with E-state index >= 15 is 0 Å². The average molecular weight is 276 g/mol. The summed E-state index contributed by atoms with van der Waals surface area (Å²) in [6.07, 6.45) is 4.88. The molecule has 2 saturated heterocycles. The van der Waals surface area contributed by atoms with Crippen LogP contribution in [-0.2, 0) is 7.05 Å². The minimum absolute atomic E-state index is 0.429. The Labute approximate surface area is 120 Å². The fourth-order valence-corrected chi connectivity index (χ4v) is 3.79. The molecular formula is C15H24N4O. The molecule has 5 heteroatoms. The van der Waals surface area contributed by atoms with Crippen LogP contribution >= 0.6 is 0 Å². The largest absolute Gasteiger partial charge is 0.351 e. The normalized spacial score (nSPS) is 27.4. The SMILES string of the molecule is Cc1nn(C)c(N2CC3CCCCN3CC2C)c1C=O. The van der Waals surface area contributed by atoms with E-state index in [2.05, 4.69) is 21.8 Å². The third-order valence-electron chi connectivity index (χ3n) is 4.81. The van der Waals surface area contributed by atoms with Crippen LogP contribution in [0.3, 0.4) is 0 Å². The van der Waals surface area contributed by atoms with Gasteiger partial charge in [-0.1, -0.05) is 6.42 Å². The molecule has 5 nitrogen and oxygen atoms in total. The van der Waals surface area contributed by atoms with E-state index in [0.717, 1.165) is 36.5 Å². The predicted molar refractivity (Wildman–Crippen MR) is 79.4 cm³/mol. The van der Waals surface area contributed by atoms with Crippen LogP contribution in [0, 0.1) is 6.92 Å². The lowest BCUT2D eigenvalue weighted by molar-refractivity contribution is 0.111. The second-order valence-corrected chi connectivity index (χ2v) is 6.21. The summed E-state index contributed by atoms with van der Waals surface area (Å²) in [7, 11) is 1.94. The van der Waals surface area contributed by atoms with Crippen LogP contribution in [-0.4, -0.2) is 52.7 Å². The van der Waals surface area contributed by atoms with Crippen LogP contribution in [0.2, 0.25) is 0 Å². The van der Waals surface area contributed by atoms with Gasteiger partial charge in [-0.3, -0.25) is 14.4 Å². The first-order valence-corrected chi connectivity index (χ1v) is 7.61. The van der Waals surface area contributed by atoms with E-state index in [4.69, 9.17) is 0 Å². The number of aromatic nitrogens is 2. The van der Waals surface area contributed by atoms with Crippen molar-refractivity contribution < 1.29 is 4.79 Å². The molecule has 3 rings (SSSR count). The molecule has 1 aromatic rings. The van der Waals surface area contributed by atoms with Gasteiger partial charge in [-0.05, 0) is 33.2 Å². The van der Waals surface area contributed by atoms with E-state index in [-0.39, 0.29) is 0 Å². The van der Waals surface area contributed by atoms with E-state index < -0.39 is 0 Å². The van der Waals surface area contributed by atoms with E-state index in [9.17, 15) is 4.79 Å². The fourth-order valence-electron chi connectivity index (χ4n) is 3.79. The van der Waals surface area contributed by atoms with Gasteiger partial charge >= 0.3 is 0 Å². The fraction of sp³-hybridized carbons (Fsp3) is 0.733. The molecule has 2 atom stereocenters. The van der Waals surface area contributed by atoms with Gasteiger partial charge in [0.1, 0.15) is 5.82 Å². The molecule has 0 aromatic carbocycles. The molecule has 2 unspecified atom stereocenters. The van der Waals surface area contributed by atoms with E-state index in [0.29, 0.717) is 12.1 Å². The topological polar surface area (TPSA) is 41.4 Å². The molecule has 20 heavy (non-hydrogen) atoms. The maximum absolute atomic E-state index is 11.4. The number of piperazine rings is 1. The summed E-state index contributed by atoms with van der Waals surface area (Å²) in [4.78, 5) is 16.4. The third kappa shape index (κ3) is 2.14. The Morgan fingerprint density at radius 2 is 2.10 bits per heavy atom. The molecular weight excluding hydrogens is 252 g/mol. The minimum Gasteiger partial charge on any atom is -0.351 e. The molecule has 0 radical (unpaired) electrons. The highest BCUT2D eigenvalue weighted by molar-refractivity contribution is 5.85. The number of nitrogens with zero attached hydrogens (tertiary/aromatic N) is 4. The quantitative estimate of drug-likeness (QED) is 0.770. The molecule has 2 aliphatic heterocycles. The van der Waals surface area contributed by atoms with Gasteiger partial charge in [-0.25, -0.2) is 0 Å². The predicted octanol–water partition coefficient (Wildman–Crippen LogP) is 1.60. The Morgan fingerprint density at radius 3 is 2.85 bits per heavy atom. The van der Waals surface area contributed by atoms with Crippen molar-refractivity contribution in [2.75, 3.05) is 24.5 Å². The van der Waals surface area contributed by atoms with Gasteiger partial charge in [0.15, 0.2) is 6.29 Å². The van der Waals surface area contributed by atoms with E-state index in [1.807, 2.05) is 18.7 Å². The summed E-state index contributed by atoms with van der Waals surface area (Å²) in [6.45, 7) is 7.50. The summed E-state index contributed by atoms with van der Waals surface area (Å²) in [5, 5.41) is 4.43. The Balaban J connectivity index is 1.91. The summed E-state index contributed by atoms with van der Waals surface area (Å²) in [5.74, 6) is 0.996. The number of hydrogen-bond donors (Lipinski definition) is 0. The third-order valence-corrected chi connectivity index (χ3v) is 4.81. The number of piperidine rings is 1. The lowest BCUT2D eigenvalue weighted by Crippen LogP contribution is -2.59. The summed E-state index contributed by atoms with van der Waals surface area (Å²) >= 11 is 0. The van der Waals surface area contributed by atoms with Gasteiger partial charge in [-0.15, -0.1) is 0 Å². The Kier molecular flexibility index (Phi) is 3.54. The van der Waals surface area contributed by atoms with Crippen LogP contribution < -0.4 is 4.90 Å². The molecule has 2 aliphatic rings. The first kappa shape index (κ1) is 13.6. The second kappa shape index (κ2) is 5.20. The van der Waals surface area contributed by atoms with Crippen molar-refractivity contribution in [3.63, 3.8) is 0 Å². The van der Waals surface area contributed by atoms with Crippen molar-refractivity contribution in [1.82, 2.24) is 14.7 Å². The molecule has 2 fully saturated rings. The second-order valence-electron chi connectivity index (χ2n) is 6.21. The number of hydrogen-bond acceptors (Lipinski definition) is 4. The maximum Gasteiger partial charge on any atom is 0.155 e. The van der Waals surface area contributed by atoms with Crippen LogP contribution in [0.15, 0.2) is 0 Å². The molecule has 110 valence electrons. The zero-order valence-corrected chi connectivity index (χ0v) is 12.7. The number of aryl methyl sites for hydroxylation is 2.